The van der Waals surface area contributed by atoms with Crippen molar-refractivity contribution in [2.45, 2.75) is 0 Å². The van der Waals surface area contributed by atoms with Gasteiger partial charge in [0.1, 0.15) is 10.8 Å². The maximum Gasteiger partial charge on any atom is 0.129 e. The molecule has 4 heteroatoms. The summed E-state index contributed by atoms with van der Waals surface area (Å²) in [5.74, 6) is 0.800. The molecule has 72 valence electrons. The van der Waals surface area contributed by atoms with Crippen LogP contribution in [0.5, 0.6) is 5.75 Å². The molecule has 3 nitrogen and oxygen atoms in total. The lowest BCUT2D eigenvalue weighted by atomic mass is 10.2. The summed E-state index contributed by atoms with van der Waals surface area (Å²) in [5, 5.41) is 2.85. The average Bonchev–Trinajstić information content (AvgIpc) is 2.70. The van der Waals surface area contributed by atoms with Crippen molar-refractivity contribution < 1.29 is 4.74 Å². The molecule has 1 aromatic carbocycles. The van der Waals surface area contributed by atoms with Crippen LogP contribution < -0.4 is 10.5 Å². The number of hydrogen-bond donors (Lipinski definition) is 1. The van der Waals surface area contributed by atoms with Gasteiger partial charge in [0.25, 0.3) is 0 Å². The van der Waals surface area contributed by atoms with Crippen LogP contribution in [0.1, 0.15) is 0 Å². The minimum atomic E-state index is 0.719. The van der Waals surface area contributed by atoms with E-state index in [9.17, 15) is 0 Å². The fraction of sp³-hybridized carbons (Fsp3) is 0.100. The van der Waals surface area contributed by atoms with Gasteiger partial charge in [-0.3, -0.25) is 0 Å². The van der Waals surface area contributed by atoms with Crippen molar-refractivity contribution in [1.82, 2.24) is 4.98 Å². The summed E-state index contributed by atoms with van der Waals surface area (Å²) in [5.41, 5.74) is 7.37. The van der Waals surface area contributed by atoms with Crippen LogP contribution >= 0.6 is 11.3 Å². The number of nitrogen functional groups attached to an aromatic ring is 1. The molecule has 0 saturated carbocycles. The number of benzene rings is 1. The van der Waals surface area contributed by atoms with Gasteiger partial charge in [0.05, 0.1) is 12.7 Å². The first kappa shape index (κ1) is 9.02. The monoisotopic (exact) mass is 206 g/mol. The summed E-state index contributed by atoms with van der Waals surface area (Å²) < 4.78 is 5.24. The van der Waals surface area contributed by atoms with E-state index in [-0.39, 0.29) is 0 Å². The third-order valence-corrected chi connectivity index (χ3v) is 2.69. The van der Waals surface area contributed by atoms with E-state index in [1.54, 1.807) is 24.6 Å². The van der Waals surface area contributed by atoms with Crippen LogP contribution in [0.3, 0.4) is 0 Å². The zero-order valence-electron chi connectivity index (χ0n) is 7.73. The van der Waals surface area contributed by atoms with Gasteiger partial charge in [0.15, 0.2) is 0 Å². The molecule has 0 atom stereocenters. The van der Waals surface area contributed by atoms with Crippen molar-refractivity contribution in [1.29, 1.82) is 0 Å². The highest BCUT2D eigenvalue weighted by molar-refractivity contribution is 7.13. The lowest BCUT2D eigenvalue weighted by Crippen LogP contribution is -1.90. The second-order valence-electron chi connectivity index (χ2n) is 2.80. The SMILES string of the molecule is COc1ccc(N)cc1-c1nccs1. The lowest BCUT2D eigenvalue weighted by Gasteiger charge is -2.06. The number of rotatable bonds is 2. The molecular weight excluding hydrogens is 196 g/mol. The fourth-order valence-corrected chi connectivity index (χ4v) is 1.91. The van der Waals surface area contributed by atoms with Gasteiger partial charge in [-0.2, -0.15) is 0 Å². The molecule has 0 aliphatic heterocycles. The van der Waals surface area contributed by atoms with Crippen LogP contribution in [-0.2, 0) is 0 Å². The first-order chi connectivity index (χ1) is 6.81. The molecule has 0 radical (unpaired) electrons. The molecule has 0 saturated heterocycles. The molecule has 0 aliphatic carbocycles. The molecule has 2 rings (SSSR count). The molecule has 1 heterocycles. The van der Waals surface area contributed by atoms with Gasteiger partial charge in [0.2, 0.25) is 0 Å². The number of hydrogen-bond acceptors (Lipinski definition) is 4. The minimum Gasteiger partial charge on any atom is -0.496 e. The van der Waals surface area contributed by atoms with Crippen molar-refractivity contribution >= 4 is 17.0 Å². The Kier molecular flexibility index (Phi) is 2.37. The number of nitrogens with two attached hydrogens (primary N) is 1. The Morgan fingerprint density at radius 1 is 1.43 bits per heavy atom. The van der Waals surface area contributed by atoms with Crippen molar-refractivity contribution in [3.63, 3.8) is 0 Å². The molecule has 0 spiro atoms. The topological polar surface area (TPSA) is 48.1 Å². The van der Waals surface area contributed by atoms with Crippen molar-refractivity contribution in [2.75, 3.05) is 12.8 Å². The van der Waals surface area contributed by atoms with E-state index in [4.69, 9.17) is 10.5 Å². The Labute approximate surface area is 86.2 Å². The van der Waals surface area contributed by atoms with Crippen LogP contribution in [0.4, 0.5) is 5.69 Å². The van der Waals surface area contributed by atoms with Crippen LogP contribution in [0, 0.1) is 0 Å². The molecule has 0 aliphatic rings. The first-order valence-electron chi connectivity index (χ1n) is 4.14. The van der Waals surface area contributed by atoms with Gasteiger partial charge >= 0.3 is 0 Å². The van der Waals surface area contributed by atoms with Gasteiger partial charge in [-0.15, -0.1) is 11.3 Å². The number of aromatic nitrogens is 1. The second-order valence-corrected chi connectivity index (χ2v) is 3.69. The van der Waals surface area contributed by atoms with E-state index < -0.39 is 0 Å². The van der Waals surface area contributed by atoms with Gasteiger partial charge in [0, 0.05) is 17.3 Å². The highest BCUT2D eigenvalue weighted by atomic mass is 32.1. The molecule has 2 aromatic rings. The quantitative estimate of drug-likeness (QED) is 0.767. The zero-order chi connectivity index (χ0) is 9.97. The van der Waals surface area contributed by atoms with E-state index in [1.165, 1.54) is 0 Å². The summed E-state index contributed by atoms with van der Waals surface area (Å²) >= 11 is 1.57. The Bertz CT molecular complexity index is 426. The number of nitrogens with zero attached hydrogens (tertiary/aromatic N) is 1. The molecular formula is C10H10N2OS. The van der Waals surface area contributed by atoms with Crippen LogP contribution in [0.15, 0.2) is 29.8 Å². The largest absolute Gasteiger partial charge is 0.496 e. The molecule has 1 aromatic heterocycles. The maximum absolute atomic E-state index is 5.71. The van der Waals surface area contributed by atoms with Gasteiger partial charge in [-0.05, 0) is 18.2 Å². The van der Waals surface area contributed by atoms with Gasteiger partial charge < -0.3 is 10.5 Å². The van der Waals surface area contributed by atoms with Crippen molar-refractivity contribution in [3.8, 4) is 16.3 Å². The minimum absolute atomic E-state index is 0.719. The normalized spacial score (nSPS) is 10.1. The Balaban J connectivity index is 2.55. The van der Waals surface area contributed by atoms with E-state index >= 15 is 0 Å². The second kappa shape index (κ2) is 3.67. The Morgan fingerprint density at radius 3 is 2.93 bits per heavy atom. The number of ether oxygens (including phenoxy) is 1. The van der Waals surface area contributed by atoms with Crippen molar-refractivity contribution in [3.05, 3.63) is 29.8 Å². The lowest BCUT2D eigenvalue weighted by molar-refractivity contribution is 0.416. The molecule has 2 N–H and O–H groups in total. The van der Waals surface area contributed by atoms with Gasteiger partial charge in [-0.25, -0.2) is 4.98 Å². The predicted octanol–water partition coefficient (Wildman–Crippen LogP) is 2.40. The van der Waals surface area contributed by atoms with Gasteiger partial charge in [-0.1, -0.05) is 0 Å². The zero-order valence-corrected chi connectivity index (χ0v) is 8.54. The standard InChI is InChI=1S/C10H10N2OS/c1-13-9-3-2-7(11)6-8(9)10-12-4-5-14-10/h2-6H,11H2,1H3. The summed E-state index contributed by atoms with van der Waals surface area (Å²) in [6.07, 6.45) is 1.77. The van der Waals surface area contributed by atoms with Crippen LogP contribution in [0.25, 0.3) is 10.6 Å². The Hall–Kier alpha value is -1.55. The average molecular weight is 206 g/mol. The highest BCUT2D eigenvalue weighted by Gasteiger charge is 2.07. The summed E-state index contributed by atoms with van der Waals surface area (Å²) in [7, 11) is 1.64. The summed E-state index contributed by atoms with van der Waals surface area (Å²) in [6, 6.07) is 5.54. The predicted molar refractivity (Wildman–Crippen MR) is 58.5 cm³/mol. The maximum atomic E-state index is 5.71. The Morgan fingerprint density at radius 2 is 2.29 bits per heavy atom. The van der Waals surface area contributed by atoms with E-state index in [0.717, 1.165) is 22.0 Å². The highest BCUT2D eigenvalue weighted by Crippen LogP contribution is 2.32. The van der Waals surface area contributed by atoms with Crippen LogP contribution in [-0.4, -0.2) is 12.1 Å². The number of anilines is 1. The molecule has 0 amide bonds. The van der Waals surface area contributed by atoms with E-state index in [0.29, 0.717) is 0 Å². The molecule has 0 bridgehead atoms. The van der Waals surface area contributed by atoms with Crippen LogP contribution in [0.2, 0.25) is 0 Å². The summed E-state index contributed by atoms with van der Waals surface area (Å²) in [6.45, 7) is 0. The smallest absolute Gasteiger partial charge is 0.129 e. The molecule has 0 unspecified atom stereocenters. The molecule has 14 heavy (non-hydrogen) atoms. The number of thiazole rings is 1. The first-order valence-corrected chi connectivity index (χ1v) is 5.02. The van der Waals surface area contributed by atoms with E-state index in [1.807, 2.05) is 23.6 Å². The molecule has 0 fully saturated rings. The van der Waals surface area contributed by atoms with E-state index in [2.05, 4.69) is 4.98 Å². The summed E-state index contributed by atoms with van der Waals surface area (Å²) in [4.78, 5) is 4.22. The third-order valence-electron chi connectivity index (χ3n) is 1.89. The number of methoxy groups -OCH3 is 1. The fourth-order valence-electron chi connectivity index (χ4n) is 1.25. The van der Waals surface area contributed by atoms with Crippen molar-refractivity contribution in [2.24, 2.45) is 0 Å². The third kappa shape index (κ3) is 1.56.